The average Bonchev–Trinajstić information content (AvgIpc) is 2.99. The van der Waals surface area contributed by atoms with E-state index >= 15 is 0 Å². The summed E-state index contributed by atoms with van der Waals surface area (Å²) in [5.74, 6) is 1.88. The Morgan fingerprint density at radius 3 is 2.95 bits per heavy atom. The highest BCUT2D eigenvalue weighted by Crippen LogP contribution is 2.18. The Kier molecular flexibility index (Phi) is 4.11. The quantitative estimate of drug-likeness (QED) is 0.735. The van der Waals surface area contributed by atoms with Crippen LogP contribution in [0, 0.1) is 0 Å². The van der Waals surface area contributed by atoms with Gasteiger partial charge in [-0.25, -0.2) is 0 Å². The van der Waals surface area contributed by atoms with Gasteiger partial charge in [-0.05, 0) is 30.3 Å². The molecule has 2 N–H and O–H groups in total. The van der Waals surface area contributed by atoms with E-state index in [1.54, 1.807) is 12.5 Å². The number of hydrogen-bond donors (Lipinski definition) is 2. The van der Waals surface area contributed by atoms with Crippen molar-refractivity contribution in [1.29, 1.82) is 0 Å². The summed E-state index contributed by atoms with van der Waals surface area (Å²) in [4.78, 5) is 4.34. The minimum absolute atomic E-state index is 0.428. The van der Waals surface area contributed by atoms with Crippen molar-refractivity contribution in [2.75, 3.05) is 10.6 Å². The van der Waals surface area contributed by atoms with Gasteiger partial charge in [-0.2, -0.15) is 10.1 Å². The summed E-state index contributed by atoms with van der Waals surface area (Å²) in [5.41, 5.74) is 0.884. The van der Waals surface area contributed by atoms with Crippen LogP contribution in [0.25, 0.3) is 0 Å². The van der Waals surface area contributed by atoms with Crippen LogP contribution in [0.5, 0.6) is 0 Å². The molecule has 0 spiro atoms. The zero-order valence-electron chi connectivity index (χ0n) is 11.0. The van der Waals surface area contributed by atoms with Crippen molar-refractivity contribution in [3.05, 3.63) is 59.1 Å². The molecule has 3 aromatic rings. The molecule has 3 rings (SSSR count). The van der Waals surface area contributed by atoms with Gasteiger partial charge in [0.05, 0.1) is 19.0 Å². The lowest BCUT2D eigenvalue weighted by Gasteiger charge is -2.07. The van der Waals surface area contributed by atoms with Gasteiger partial charge in [-0.1, -0.05) is 22.0 Å². The normalized spacial score (nSPS) is 10.3. The van der Waals surface area contributed by atoms with Crippen molar-refractivity contribution < 1.29 is 4.42 Å². The van der Waals surface area contributed by atoms with Crippen LogP contribution in [0.2, 0.25) is 0 Å². The van der Waals surface area contributed by atoms with Crippen LogP contribution < -0.4 is 10.6 Å². The van der Waals surface area contributed by atoms with Gasteiger partial charge in [0.2, 0.25) is 5.95 Å². The largest absolute Gasteiger partial charge is 0.467 e. The standard InChI is InChI=1S/C14H12BrN5O/c15-10-3-1-4-11(7-10)18-14-19-13(9-17-20-14)16-8-12-5-2-6-21-12/h1-7,9H,8H2,(H2,16,18,19,20). The van der Waals surface area contributed by atoms with E-state index in [0.29, 0.717) is 18.3 Å². The molecule has 6 nitrogen and oxygen atoms in total. The van der Waals surface area contributed by atoms with E-state index in [9.17, 15) is 0 Å². The van der Waals surface area contributed by atoms with Gasteiger partial charge in [-0.3, -0.25) is 0 Å². The fourth-order valence-corrected chi connectivity index (χ4v) is 2.13. The number of hydrogen-bond acceptors (Lipinski definition) is 6. The fourth-order valence-electron chi connectivity index (χ4n) is 1.73. The van der Waals surface area contributed by atoms with E-state index in [0.717, 1.165) is 15.9 Å². The topological polar surface area (TPSA) is 75.9 Å². The number of nitrogens with zero attached hydrogens (tertiary/aromatic N) is 3. The van der Waals surface area contributed by atoms with Crippen LogP contribution >= 0.6 is 15.9 Å². The summed E-state index contributed by atoms with van der Waals surface area (Å²) in [6, 6.07) is 11.5. The Morgan fingerprint density at radius 1 is 1.19 bits per heavy atom. The molecule has 106 valence electrons. The number of rotatable bonds is 5. The van der Waals surface area contributed by atoms with Gasteiger partial charge in [0, 0.05) is 10.2 Å². The maximum absolute atomic E-state index is 5.25. The van der Waals surface area contributed by atoms with Crippen molar-refractivity contribution in [3.63, 3.8) is 0 Å². The van der Waals surface area contributed by atoms with Gasteiger partial charge in [0.25, 0.3) is 0 Å². The molecule has 2 heterocycles. The molecule has 0 bridgehead atoms. The van der Waals surface area contributed by atoms with Crippen molar-refractivity contribution in [3.8, 4) is 0 Å². The molecule has 0 fully saturated rings. The SMILES string of the molecule is Brc1cccc(Nc2nncc(NCc3ccco3)n2)c1. The summed E-state index contributed by atoms with van der Waals surface area (Å²) in [5, 5.41) is 14.1. The Labute approximate surface area is 129 Å². The lowest BCUT2D eigenvalue weighted by atomic mass is 10.3. The number of furan rings is 1. The summed E-state index contributed by atoms with van der Waals surface area (Å²) >= 11 is 3.42. The van der Waals surface area contributed by atoms with E-state index in [2.05, 4.69) is 41.7 Å². The third-order valence-electron chi connectivity index (χ3n) is 2.66. The lowest BCUT2D eigenvalue weighted by molar-refractivity contribution is 0.517. The molecule has 7 heteroatoms. The first kappa shape index (κ1) is 13.6. The van der Waals surface area contributed by atoms with Crippen LogP contribution in [-0.2, 0) is 6.54 Å². The van der Waals surface area contributed by atoms with Gasteiger partial charge < -0.3 is 15.1 Å². The Balaban J connectivity index is 1.68. The highest BCUT2D eigenvalue weighted by molar-refractivity contribution is 9.10. The molecule has 0 aliphatic carbocycles. The highest BCUT2D eigenvalue weighted by atomic mass is 79.9. The number of benzene rings is 1. The summed E-state index contributed by atoms with van der Waals surface area (Å²) in [7, 11) is 0. The molecule has 21 heavy (non-hydrogen) atoms. The first-order chi connectivity index (χ1) is 10.3. The van der Waals surface area contributed by atoms with Crippen LogP contribution in [0.3, 0.4) is 0 Å². The second kappa shape index (κ2) is 6.36. The monoisotopic (exact) mass is 345 g/mol. The highest BCUT2D eigenvalue weighted by Gasteiger charge is 2.02. The molecular weight excluding hydrogens is 334 g/mol. The zero-order chi connectivity index (χ0) is 14.5. The summed E-state index contributed by atoms with van der Waals surface area (Å²) in [6.45, 7) is 0.544. The Bertz CT molecular complexity index is 717. The van der Waals surface area contributed by atoms with Crippen LogP contribution in [-0.4, -0.2) is 15.2 Å². The average molecular weight is 346 g/mol. The molecule has 0 aliphatic heterocycles. The zero-order valence-corrected chi connectivity index (χ0v) is 12.5. The number of halogens is 1. The number of anilines is 3. The maximum Gasteiger partial charge on any atom is 0.249 e. The second-order valence-electron chi connectivity index (χ2n) is 4.23. The third kappa shape index (κ3) is 3.79. The van der Waals surface area contributed by atoms with Gasteiger partial charge in [0.1, 0.15) is 5.76 Å². The molecule has 0 aliphatic rings. The Hall–Kier alpha value is -2.41. The van der Waals surface area contributed by atoms with Gasteiger partial charge in [0.15, 0.2) is 5.82 Å². The molecule has 0 saturated heterocycles. The fraction of sp³-hybridized carbons (Fsp3) is 0.0714. The Morgan fingerprint density at radius 2 is 2.14 bits per heavy atom. The molecule has 0 atom stereocenters. The van der Waals surface area contributed by atoms with Crippen LogP contribution in [0.4, 0.5) is 17.5 Å². The van der Waals surface area contributed by atoms with Crippen molar-refractivity contribution in [2.45, 2.75) is 6.54 Å². The first-order valence-corrected chi connectivity index (χ1v) is 7.07. The molecule has 0 radical (unpaired) electrons. The number of aromatic nitrogens is 3. The molecule has 0 saturated carbocycles. The van der Waals surface area contributed by atoms with Crippen molar-refractivity contribution in [2.24, 2.45) is 0 Å². The minimum Gasteiger partial charge on any atom is -0.467 e. The van der Waals surface area contributed by atoms with Crippen LogP contribution in [0.15, 0.2) is 57.7 Å². The van der Waals surface area contributed by atoms with Gasteiger partial charge >= 0.3 is 0 Å². The van der Waals surface area contributed by atoms with Crippen LogP contribution in [0.1, 0.15) is 5.76 Å². The minimum atomic E-state index is 0.428. The second-order valence-corrected chi connectivity index (χ2v) is 5.15. The first-order valence-electron chi connectivity index (χ1n) is 6.28. The molecule has 0 unspecified atom stereocenters. The maximum atomic E-state index is 5.25. The van der Waals surface area contributed by atoms with E-state index in [-0.39, 0.29) is 0 Å². The molecule has 2 aromatic heterocycles. The lowest BCUT2D eigenvalue weighted by Crippen LogP contribution is -2.05. The molecule has 1 aromatic carbocycles. The van der Waals surface area contributed by atoms with E-state index in [1.165, 1.54) is 0 Å². The molecular formula is C14H12BrN5O. The van der Waals surface area contributed by atoms with Crippen molar-refractivity contribution >= 4 is 33.4 Å². The van der Waals surface area contributed by atoms with E-state index in [1.807, 2.05) is 36.4 Å². The third-order valence-corrected chi connectivity index (χ3v) is 3.16. The van der Waals surface area contributed by atoms with Crippen molar-refractivity contribution in [1.82, 2.24) is 15.2 Å². The smallest absolute Gasteiger partial charge is 0.249 e. The number of nitrogens with one attached hydrogen (secondary N) is 2. The van der Waals surface area contributed by atoms with Gasteiger partial charge in [-0.15, -0.1) is 5.10 Å². The summed E-state index contributed by atoms with van der Waals surface area (Å²) in [6.07, 6.45) is 3.20. The predicted octanol–water partition coefficient (Wildman–Crippen LogP) is 3.58. The predicted molar refractivity (Wildman–Crippen MR) is 83.3 cm³/mol. The van der Waals surface area contributed by atoms with E-state index in [4.69, 9.17) is 4.42 Å². The summed E-state index contributed by atoms with van der Waals surface area (Å²) < 4.78 is 6.23. The van der Waals surface area contributed by atoms with E-state index < -0.39 is 0 Å². The molecule has 0 amide bonds.